The molecule has 0 aliphatic heterocycles. The molecule has 4 aromatic carbocycles. The zero-order valence-corrected chi connectivity index (χ0v) is 77.6. The Hall–Kier alpha value is -11.3. The molecule has 0 atom stereocenters. The first kappa shape index (κ1) is 117. The largest absolute Gasteiger partial charge is 0.499 e. The van der Waals surface area contributed by atoms with E-state index in [1.165, 1.54) is 110 Å². The third-order valence-corrected chi connectivity index (χ3v) is 17.5. The minimum Gasteiger partial charge on any atom is -0.499 e. The summed E-state index contributed by atoms with van der Waals surface area (Å²) < 4.78 is 125. The molecule has 0 fully saturated rings. The fourth-order valence-electron chi connectivity index (χ4n) is 10.6. The normalized spacial score (nSPS) is 11.4. The summed E-state index contributed by atoms with van der Waals surface area (Å²) in [5.41, 5.74) is -6.05. The first-order valence-corrected chi connectivity index (χ1v) is 43.3. The van der Waals surface area contributed by atoms with Crippen LogP contribution in [0.5, 0.6) is 23.0 Å². The number of carbonyl (C=O) groups excluding carboxylic acids is 13. The Bertz CT molecular complexity index is 3640. The van der Waals surface area contributed by atoms with E-state index in [0.29, 0.717) is 65.1 Å². The van der Waals surface area contributed by atoms with Crippen molar-refractivity contribution in [1.29, 1.82) is 0 Å². The Balaban J connectivity index is 0.00000328. The summed E-state index contributed by atoms with van der Waals surface area (Å²) in [4.78, 5) is 159. The lowest BCUT2D eigenvalue weighted by Gasteiger charge is -2.33. The molecule has 4 N–H and O–H groups in total. The molecule has 4 rings (SSSR count). The van der Waals surface area contributed by atoms with Crippen LogP contribution in [0.25, 0.3) is 0 Å². The highest BCUT2D eigenvalue weighted by molar-refractivity contribution is 6.03. The first-order valence-electron chi connectivity index (χ1n) is 43.3. The molecule has 0 heterocycles. The Kier molecular flexibility index (Phi) is 58.5. The third kappa shape index (κ3) is 56.1. The molecule has 134 heavy (non-hydrogen) atoms. The van der Waals surface area contributed by atoms with Gasteiger partial charge in [0, 0.05) is 28.3 Å². The maximum absolute atomic E-state index is 12.5. The van der Waals surface area contributed by atoms with Crippen LogP contribution < -0.4 is 18.9 Å². The predicted molar refractivity (Wildman–Crippen MR) is 472 cm³/mol. The number of ether oxygens (including phenoxy) is 23. The molecule has 746 valence electrons. The van der Waals surface area contributed by atoms with Crippen molar-refractivity contribution in [2.45, 2.75) is 129 Å². The van der Waals surface area contributed by atoms with Gasteiger partial charge in [-0.05, 0) is 152 Å². The molecule has 0 aliphatic rings. The summed E-state index contributed by atoms with van der Waals surface area (Å²) in [6, 6.07) is 24.4. The number of benzene rings is 4. The third-order valence-electron chi connectivity index (χ3n) is 17.5. The molecule has 0 saturated heterocycles. The number of ketones is 4. The van der Waals surface area contributed by atoms with E-state index in [-0.39, 0.29) is 243 Å². The van der Waals surface area contributed by atoms with Crippen LogP contribution >= 0.6 is 0 Å². The van der Waals surface area contributed by atoms with Crippen LogP contribution in [0.2, 0.25) is 0 Å². The average Bonchev–Trinajstić information content (AvgIpc) is 0.854. The number of carbonyl (C=O) groups is 13. The molecule has 0 amide bonds. The summed E-state index contributed by atoms with van der Waals surface area (Å²) >= 11 is 0. The molecule has 0 aromatic heterocycles. The number of hydrogen-bond donors (Lipinski definition) is 4. The van der Waals surface area contributed by atoms with Crippen molar-refractivity contribution in [3.05, 3.63) is 145 Å². The van der Waals surface area contributed by atoms with Gasteiger partial charge in [0.05, 0.1) is 182 Å². The lowest BCUT2D eigenvalue weighted by Crippen LogP contribution is -2.43. The van der Waals surface area contributed by atoms with Gasteiger partial charge in [-0.15, -0.1) is 0 Å². The van der Waals surface area contributed by atoms with Crippen molar-refractivity contribution in [2.75, 3.05) is 211 Å². The van der Waals surface area contributed by atoms with Crippen LogP contribution in [0.1, 0.15) is 148 Å². The van der Waals surface area contributed by atoms with Crippen LogP contribution in [0.4, 0.5) is 0 Å². The molecule has 0 unspecified atom stereocenters. The maximum Gasteiger partial charge on any atom is 0.330 e. The van der Waals surface area contributed by atoms with Gasteiger partial charge in [0.2, 0.25) is 0 Å². The fourth-order valence-corrected chi connectivity index (χ4v) is 10.6. The highest BCUT2D eigenvalue weighted by atomic mass is 16.6. The molecule has 4 aromatic rings. The van der Waals surface area contributed by atoms with E-state index in [1.54, 1.807) is 48.5 Å². The number of Topliss-reactive ketones (excluding diaryl/α,β-unsaturated/α-hetero) is 4. The van der Waals surface area contributed by atoms with Gasteiger partial charge in [-0.2, -0.15) is 0 Å². The molecule has 40 heteroatoms. The van der Waals surface area contributed by atoms with Gasteiger partial charge in [0.1, 0.15) is 138 Å². The smallest absolute Gasteiger partial charge is 0.330 e. The van der Waals surface area contributed by atoms with Crippen LogP contribution in [-0.2, 0) is 133 Å². The van der Waals surface area contributed by atoms with Gasteiger partial charge in [0.25, 0.3) is 0 Å². The standard InChI is InChI=1S/C85H116O36.C9H14O4/c1-81(2,98)77(94)61-9-17-65(18-10-61)110-49-53-118-73(90)29-25-69(86)114-45-41-102-33-37-106-57-85(58-107-38-34-103-42-46-115-70(87)26-30-74(91)119-54-50-111-66-19-11-62(12-20-66)78(95)82(3,4)99,59-108-39-35-104-43-47-116-71(88)27-31-75(92)120-55-51-112-67-21-13-63(14-22-67)79(96)83(5,6)100)60-109-40-36-105-44-48-117-72(89)28-32-76(93)121-56-52-113-68-23-15-64(16-24-68)80(97)84(7,8)101;1-3-9(10)13-8-7-12-6-5-11-4-2/h9-24,98-101H,25-60H2,1-8H3;3-4H,1-2,5-8H2. The van der Waals surface area contributed by atoms with Crippen molar-refractivity contribution in [3.63, 3.8) is 0 Å². The van der Waals surface area contributed by atoms with Crippen molar-refractivity contribution < 1.29 is 192 Å². The summed E-state index contributed by atoms with van der Waals surface area (Å²) in [6.45, 7) is 17.9. The Morgan fingerprint density at radius 2 is 0.410 bits per heavy atom. The van der Waals surface area contributed by atoms with Gasteiger partial charge >= 0.3 is 53.7 Å². The van der Waals surface area contributed by atoms with Crippen LogP contribution in [0.3, 0.4) is 0 Å². The number of rotatable bonds is 76. The van der Waals surface area contributed by atoms with Crippen molar-refractivity contribution >= 4 is 76.9 Å². The second-order valence-electron chi connectivity index (χ2n) is 31.0. The van der Waals surface area contributed by atoms with Gasteiger partial charge in [-0.25, -0.2) is 4.79 Å². The van der Waals surface area contributed by atoms with Gasteiger partial charge in [0.15, 0.2) is 23.1 Å². The predicted octanol–water partition coefficient (Wildman–Crippen LogP) is 6.59. The van der Waals surface area contributed by atoms with Crippen molar-refractivity contribution in [1.82, 2.24) is 0 Å². The first-order chi connectivity index (χ1) is 63.8. The van der Waals surface area contributed by atoms with E-state index in [2.05, 4.69) is 17.9 Å². The summed E-state index contributed by atoms with van der Waals surface area (Å²) in [5, 5.41) is 39.9. The molecule has 40 nitrogen and oxygen atoms in total. The monoisotopic (exact) mass is 1900 g/mol. The molecular weight excluding hydrogens is 1770 g/mol. The minimum atomic E-state index is -1.54. The van der Waals surface area contributed by atoms with E-state index in [0.717, 1.165) is 6.08 Å². The van der Waals surface area contributed by atoms with Gasteiger partial charge in [-0.3, -0.25) is 57.5 Å². The van der Waals surface area contributed by atoms with E-state index in [4.69, 9.17) is 104 Å². The Morgan fingerprint density at radius 1 is 0.239 bits per heavy atom. The van der Waals surface area contributed by atoms with Gasteiger partial charge < -0.3 is 129 Å². The van der Waals surface area contributed by atoms with Crippen LogP contribution in [0.15, 0.2) is 123 Å². The fraction of sp³-hybridized carbons (Fsp3) is 0.564. The van der Waals surface area contributed by atoms with Crippen molar-refractivity contribution in [3.8, 4) is 23.0 Å². The zero-order valence-electron chi connectivity index (χ0n) is 77.6. The number of esters is 9. The van der Waals surface area contributed by atoms with Gasteiger partial charge in [-0.1, -0.05) is 13.2 Å². The zero-order chi connectivity index (χ0) is 98.9. The summed E-state index contributed by atoms with van der Waals surface area (Å²) in [5.74, 6) is -6.00. The Morgan fingerprint density at radius 3 is 0.597 bits per heavy atom. The molecule has 0 bridgehead atoms. The molecular formula is C94H130O40. The highest BCUT2D eigenvalue weighted by Crippen LogP contribution is 2.25. The number of aliphatic hydroxyl groups is 4. The second kappa shape index (κ2) is 67.0. The molecule has 0 spiro atoms. The lowest BCUT2D eigenvalue weighted by molar-refractivity contribution is -0.152. The minimum absolute atomic E-state index is 0.00698. The van der Waals surface area contributed by atoms with Crippen LogP contribution in [0, 0.1) is 5.41 Å². The van der Waals surface area contributed by atoms with Crippen molar-refractivity contribution in [2.24, 2.45) is 5.41 Å². The molecule has 0 saturated carbocycles. The summed E-state index contributed by atoms with van der Waals surface area (Å²) in [7, 11) is 0. The highest BCUT2D eigenvalue weighted by Gasteiger charge is 2.34. The number of hydrogen-bond acceptors (Lipinski definition) is 40. The lowest BCUT2D eigenvalue weighted by atomic mass is 9.92. The van der Waals surface area contributed by atoms with E-state index in [9.17, 15) is 82.8 Å². The second-order valence-corrected chi connectivity index (χ2v) is 31.0. The quantitative estimate of drug-likeness (QED) is 0.00903. The molecule has 0 radical (unpaired) electrons. The topological polar surface area (TPSA) is 515 Å². The summed E-state index contributed by atoms with van der Waals surface area (Å²) in [6.07, 6.45) is 0.344. The Labute approximate surface area is 779 Å². The van der Waals surface area contributed by atoms with E-state index < -0.39 is 105 Å². The average molecular weight is 1900 g/mol. The molecule has 0 aliphatic carbocycles. The van der Waals surface area contributed by atoms with Crippen LogP contribution in [-0.4, -0.2) is 331 Å². The SMILES string of the molecule is C=COCCOCCOC(=O)C=C.CC(C)(O)C(=O)c1ccc(OCCOC(=O)CCC(=O)OCCOCCOCC(COCCOCCOC(=O)CCC(=O)OCCOc2ccc(C(=O)C(C)(C)O)cc2)(COCCOCCOC(=O)CCC(=O)OCCOc2ccc(C(=O)C(C)(C)O)cc2)COCCOCCOC(=O)CCC(=O)OCCOc2ccc(C(=O)C(C)(C)O)cc2)cc1. The van der Waals surface area contributed by atoms with E-state index >= 15 is 0 Å². The van der Waals surface area contributed by atoms with E-state index in [1.807, 2.05) is 0 Å². The maximum atomic E-state index is 12.5.